The van der Waals surface area contributed by atoms with Gasteiger partial charge in [0.05, 0.1) is 11.6 Å². The molecule has 0 aliphatic rings. The highest BCUT2D eigenvalue weighted by Gasteiger charge is 2.13. The molecule has 0 unspecified atom stereocenters. The molecule has 1 aromatic rings. The number of hydrogen-bond acceptors (Lipinski definition) is 4. The van der Waals surface area contributed by atoms with Gasteiger partial charge in [-0.2, -0.15) is 5.26 Å². The Kier molecular flexibility index (Phi) is 7.06. The fourth-order valence-corrected chi connectivity index (χ4v) is 1.90. The summed E-state index contributed by atoms with van der Waals surface area (Å²) in [6.07, 6.45) is 0.243. The van der Waals surface area contributed by atoms with E-state index in [0.717, 1.165) is 6.54 Å². The third-order valence-electron chi connectivity index (χ3n) is 3.13. The first-order valence-corrected chi connectivity index (χ1v) is 7.13. The second-order valence-electron chi connectivity index (χ2n) is 5.23. The Labute approximate surface area is 131 Å². The van der Waals surface area contributed by atoms with Crippen LogP contribution in [0.4, 0.5) is 5.69 Å². The predicted molar refractivity (Wildman–Crippen MR) is 85.4 cm³/mol. The van der Waals surface area contributed by atoms with Crippen molar-refractivity contribution in [2.24, 2.45) is 0 Å². The van der Waals surface area contributed by atoms with Crippen molar-refractivity contribution in [1.29, 1.82) is 5.26 Å². The lowest BCUT2D eigenvalue weighted by molar-refractivity contribution is -0.121. The van der Waals surface area contributed by atoms with Crippen LogP contribution < -0.4 is 10.2 Å². The van der Waals surface area contributed by atoms with Crippen LogP contribution in [0.25, 0.3) is 0 Å². The van der Waals surface area contributed by atoms with Gasteiger partial charge in [0.15, 0.2) is 0 Å². The number of benzene rings is 1. The molecule has 0 saturated heterocycles. The maximum absolute atomic E-state index is 11.8. The number of likely N-dealkylation sites (N-methyl/N-ethyl adjacent to an activating group) is 1. The lowest BCUT2D eigenvalue weighted by Crippen LogP contribution is -2.36. The van der Waals surface area contributed by atoms with Crippen LogP contribution in [0, 0.1) is 11.3 Å². The summed E-state index contributed by atoms with van der Waals surface area (Å²) in [6, 6.07) is 8.77. The SMILES string of the molecule is CC(=O)N(CCC(=O)NCCN(C)C)c1ccc(C#N)cc1. The molecule has 2 amide bonds. The van der Waals surface area contributed by atoms with Crippen LogP contribution in [-0.2, 0) is 9.59 Å². The number of nitrogens with zero attached hydrogens (tertiary/aromatic N) is 3. The van der Waals surface area contributed by atoms with E-state index in [1.165, 1.54) is 11.8 Å². The number of nitrogens with one attached hydrogen (secondary N) is 1. The van der Waals surface area contributed by atoms with E-state index in [0.29, 0.717) is 24.3 Å². The molecule has 0 heterocycles. The zero-order chi connectivity index (χ0) is 16.5. The van der Waals surface area contributed by atoms with Crippen LogP contribution in [0.1, 0.15) is 18.9 Å². The van der Waals surface area contributed by atoms with Crippen LogP contribution in [0.3, 0.4) is 0 Å². The van der Waals surface area contributed by atoms with Gasteiger partial charge >= 0.3 is 0 Å². The summed E-state index contributed by atoms with van der Waals surface area (Å²) in [4.78, 5) is 27.0. The molecule has 0 aromatic heterocycles. The molecule has 6 heteroatoms. The standard InChI is InChI=1S/C16H22N4O2/c1-13(21)20(15-6-4-14(12-17)5-7-15)10-8-16(22)18-9-11-19(2)3/h4-7H,8-11H2,1-3H3,(H,18,22). The van der Waals surface area contributed by atoms with Crippen molar-refractivity contribution in [3.05, 3.63) is 29.8 Å². The molecule has 0 fully saturated rings. The molecule has 0 saturated carbocycles. The van der Waals surface area contributed by atoms with Crippen molar-refractivity contribution in [3.63, 3.8) is 0 Å². The third kappa shape index (κ3) is 5.94. The molecule has 6 nitrogen and oxygen atoms in total. The molecule has 0 bridgehead atoms. The lowest BCUT2D eigenvalue weighted by Gasteiger charge is -2.21. The number of carbonyl (C=O) groups is 2. The molecular weight excluding hydrogens is 280 g/mol. The van der Waals surface area contributed by atoms with E-state index < -0.39 is 0 Å². The Morgan fingerprint density at radius 1 is 1.18 bits per heavy atom. The summed E-state index contributed by atoms with van der Waals surface area (Å²) in [5.41, 5.74) is 1.22. The summed E-state index contributed by atoms with van der Waals surface area (Å²) >= 11 is 0. The zero-order valence-corrected chi connectivity index (χ0v) is 13.3. The minimum Gasteiger partial charge on any atom is -0.355 e. The Morgan fingerprint density at radius 3 is 2.32 bits per heavy atom. The topological polar surface area (TPSA) is 76.4 Å². The number of amides is 2. The van der Waals surface area contributed by atoms with Gasteiger partial charge in [-0.3, -0.25) is 9.59 Å². The van der Waals surface area contributed by atoms with Crippen molar-refractivity contribution >= 4 is 17.5 Å². The van der Waals surface area contributed by atoms with Gasteiger partial charge in [0.2, 0.25) is 11.8 Å². The van der Waals surface area contributed by atoms with Gasteiger partial charge in [0.25, 0.3) is 0 Å². The summed E-state index contributed by atoms with van der Waals surface area (Å²) in [5, 5.41) is 11.6. The highest BCUT2D eigenvalue weighted by atomic mass is 16.2. The van der Waals surface area contributed by atoms with Crippen LogP contribution >= 0.6 is 0 Å². The molecule has 1 aromatic carbocycles. The zero-order valence-electron chi connectivity index (χ0n) is 13.3. The minimum atomic E-state index is -0.134. The van der Waals surface area contributed by atoms with Crippen LogP contribution in [0.2, 0.25) is 0 Å². The highest BCUT2D eigenvalue weighted by molar-refractivity contribution is 5.92. The fraction of sp³-hybridized carbons (Fsp3) is 0.438. The summed E-state index contributed by atoms with van der Waals surface area (Å²) < 4.78 is 0. The van der Waals surface area contributed by atoms with Gasteiger partial charge in [0.1, 0.15) is 0 Å². The normalized spacial score (nSPS) is 10.1. The predicted octanol–water partition coefficient (Wildman–Crippen LogP) is 0.979. The van der Waals surface area contributed by atoms with Crippen LogP contribution in [0.15, 0.2) is 24.3 Å². The van der Waals surface area contributed by atoms with Gasteiger partial charge in [-0.1, -0.05) is 0 Å². The number of carbonyl (C=O) groups excluding carboxylic acids is 2. The Balaban J connectivity index is 2.56. The molecular formula is C16H22N4O2. The second kappa shape index (κ2) is 8.80. The van der Waals surface area contributed by atoms with Crippen molar-refractivity contribution in [2.45, 2.75) is 13.3 Å². The van der Waals surface area contributed by atoms with Crippen molar-refractivity contribution in [3.8, 4) is 6.07 Å². The Morgan fingerprint density at radius 2 is 1.82 bits per heavy atom. The monoisotopic (exact) mass is 302 g/mol. The molecule has 118 valence electrons. The quantitative estimate of drug-likeness (QED) is 0.814. The van der Waals surface area contributed by atoms with Gasteiger partial charge in [-0.15, -0.1) is 0 Å². The first-order valence-electron chi connectivity index (χ1n) is 7.13. The number of hydrogen-bond donors (Lipinski definition) is 1. The average molecular weight is 302 g/mol. The van der Waals surface area contributed by atoms with Gasteiger partial charge in [0, 0.05) is 38.7 Å². The molecule has 0 atom stereocenters. The number of rotatable bonds is 7. The van der Waals surface area contributed by atoms with E-state index in [1.807, 2.05) is 25.1 Å². The second-order valence-corrected chi connectivity index (χ2v) is 5.23. The summed E-state index contributed by atoms with van der Waals surface area (Å²) in [6.45, 7) is 3.14. The van der Waals surface area contributed by atoms with Crippen molar-refractivity contribution in [1.82, 2.24) is 10.2 Å². The van der Waals surface area contributed by atoms with E-state index in [9.17, 15) is 9.59 Å². The number of nitriles is 1. The molecule has 22 heavy (non-hydrogen) atoms. The lowest BCUT2D eigenvalue weighted by atomic mass is 10.2. The van der Waals surface area contributed by atoms with E-state index in [-0.39, 0.29) is 18.2 Å². The van der Waals surface area contributed by atoms with E-state index in [4.69, 9.17) is 5.26 Å². The Bertz CT molecular complexity index is 546. The molecule has 0 spiro atoms. The fourth-order valence-electron chi connectivity index (χ4n) is 1.90. The maximum atomic E-state index is 11.8. The number of anilines is 1. The van der Waals surface area contributed by atoms with Crippen molar-refractivity contribution < 1.29 is 9.59 Å². The highest BCUT2D eigenvalue weighted by Crippen LogP contribution is 2.15. The smallest absolute Gasteiger partial charge is 0.223 e. The molecule has 0 radical (unpaired) electrons. The first kappa shape index (κ1) is 17.7. The first-order chi connectivity index (χ1) is 10.4. The molecule has 0 aliphatic carbocycles. The molecule has 1 rings (SSSR count). The van der Waals surface area contributed by atoms with Crippen LogP contribution in [0.5, 0.6) is 0 Å². The average Bonchev–Trinajstić information content (AvgIpc) is 2.47. The maximum Gasteiger partial charge on any atom is 0.223 e. The molecule has 1 N–H and O–H groups in total. The van der Waals surface area contributed by atoms with Gasteiger partial charge in [-0.05, 0) is 38.4 Å². The summed E-state index contributed by atoms with van der Waals surface area (Å²) in [5.74, 6) is -0.215. The summed E-state index contributed by atoms with van der Waals surface area (Å²) in [7, 11) is 3.88. The van der Waals surface area contributed by atoms with E-state index in [1.54, 1.807) is 24.3 Å². The molecule has 0 aliphatic heterocycles. The van der Waals surface area contributed by atoms with Gasteiger partial charge < -0.3 is 15.1 Å². The van der Waals surface area contributed by atoms with Gasteiger partial charge in [-0.25, -0.2) is 0 Å². The third-order valence-corrected chi connectivity index (χ3v) is 3.13. The minimum absolute atomic E-state index is 0.0817. The van der Waals surface area contributed by atoms with E-state index >= 15 is 0 Å². The van der Waals surface area contributed by atoms with Crippen molar-refractivity contribution in [2.75, 3.05) is 38.6 Å². The van der Waals surface area contributed by atoms with Crippen LogP contribution in [-0.4, -0.2) is 50.4 Å². The largest absolute Gasteiger partial charge is 0.355 e. The Hall–Kier alpha value is -2.39. The van der Waals surface area contributed by atoms with E-state index in [2.05, 4.69) is 5.32 Å².